The first kappa shape index (κ1) is 10.6. The van der Waals surface area contributed by atoms with Crippen LogP contribution < -0.4 is 0 Å². The van der Waals surface area contributed by atoms with Crippen LogP contribution in [0, 0.1) is 16.2 Å². The highest BCUT2D eigenvalue weighted by molar-refractivity contribution is 4.81. The molecule has 0 atom stereocenters. The molecular weight excluding hydrogens is 138 g/mol. The van der Waals surface area contributed by atoms with Gasteiger partial charge in [-0.2, -0.15) is 4.91 Å². The van der Waals surface area contributed by atoms with Crippen LogP contribution in [-0.4, -0.2) is 6.54 Å². The molecule has 0 fully saturated rings. The number of nitroso groups, excluding NO2 is 1. The van der Waals surface area contributed by atoms with Gasteiger partial charge in [0.05, 0.1) is 6.54 Å². The number of hydrogen-bond acceptors (Lipinski definition) is 2. The SMILES string of the molecule is CCC(CC)(CN=O)C(C)C. The predicted octanol–water partition coefficient (Wildman–Crippen LogP) is 3.22. The van der Waals surface area contributed by atoms with Crippen LogP contribution in [0.4, 0.5) is 0 Å². The minimum atomic E-state index is 0.155. The van der Waals surface area contributed by atoms with Gasteiger partial charge in [0, 0.05) is 0 Å². The molecule has 0 amide bonds. The zero-order chi connectivity index (χ0) is 8.91. The van der Waals surface area contributed by atoms with Crippen molar-refractivity contribution in [3.05, 3.63) is 4.91 Å². The fraction of sp³-hybridized carbons (Fsp3) is 1.00. The summed E-state index contributed by atoms with van der Waals surface area (Å²) in [5.74, 6) is 0.551. The molecule has 0 heterocycles. The van der Waals surface area contributed by atoms with E-state index in [-0.39, 0.29) is 5.41 Å². The molecule has 0 rings (SSSR count). The molecule has 11 heavy (non-hydrogen) atoms. The van der Waals surface area contributed by atoms with E-state index in [2.05, 4.69) is 32.9 Å². The number of nitrogens with zero attached hydrogens (tertiary/aromatic N) is 1. The lowest BCUT2D eigenvalue weighted by Gasteiger charge is -2.33. The average Bonchev–Trinajstić information content (AvgIpc) is 2.00. The lowest BCUT2D eigenvalue weighted by atomic mass is 9.73. The second-order valence-corrected chi connectivity index (χ2v) is 3.51. The average molecular weight is 157 g/mol. The molecule has 0 unspecified atom stereocenters. The zero-order valence-electron chi connectivity index (χ0n) is 8.05. The summed E-state index contributed by atoms with van der Waals surface area (Å²) in [6.45, 7) is 9.07. The largest absolute Gasteiger partial charge is 0.151 e. The summed E-state index contributed by atoms with van der Waals surface area (Å²) < 4.78 is 0. The van der Waals surface area contributed by atoms with Crippen LogP contribution in [0.5, 0.6) is 0 Å². The highest BCUT2D eigenvalue weighted by atomic mass is 16.3. The van der Waals surface area contributed by atoms with Crippen LogP contribution >= 0.6 is 0 Å². The van der Waals surface area contributed by atoms with E-state index in [9.17, 15) is 4.91 Å². The Morgan fingerprint density at radius 3 is 1.82 bits per heavy atom. The molecule has 0 spiro atoms. The maximum absolute atomic E-state index is 10.2. The standard InChI is InChI=1S/C9H19NO/c1-5-9(6-2,7-10-11)8(3)4/h8H,5-7H2,1-4H3. The monoisotopic (exact) mass is 157 g/mol. The van der Waals surface area contributed by atoms with E-state index in [0.717, 1.165) is 12.8 Å². The van der Waals surface area contributed by atoms with Crippen molar-refractivity contribution >= 4 is 0 Å². The van der Waals surface area contributed by atoms with Crippen LogP contribution in [0.3, 0.4) is 0 Å². The zero-order valence-corrected chi connectivity index (χ0v) is 8.05. The minimum absolute atomic E-state index is 0.155. The van der Waals surface area contributed by atoms with Gasteiger partial charge >= 0.3 is 0 Å². The van der Waals surface area contributed by atoms with Crippen LogP contribution in [0.2, 0.25) is 0 Å². The van der Waals surface area contributed by atoms with Gasteiger partial charge in [-0.3, -0.25) is 0 Å². The van der Waals surface area contributed by atoms with Crippen molar-refractivity contribution in [2.75, 3.05) is 6.54 Å². The summed E-state index contributed by atoms with van der Waals surface area (Å²) in [6.07, 6.45) is 2.10. The molecule has 2 nitrogen and oxygen atoms in total. The third-order valence-corrected chi connectivity index (χ3v) is 3.01. The van der Waals surface area contributed by atoms with Gasteiger partial charge < -0.3 is 0 Å². The van der Waals surface area contributed by atoms with Crippen molar-refractivity contribution in [3.8, 4) is 0 Å². The Kier molecular flexibility index (Phi) is 4.31. The third kappa shape index (κ3) is 2.28. The quantitative estimate of drug-likeness (QED) is 0.563. The molecule has 2 heteroatoms. The van der Waals surface area contributed by atoms with E-state index in [1.54, 1.807) is 0 Å². The van der Waals surface area contributed by atoms with Gasteiger partial charge in [0.1, 0.15) is 0 Å². The van der Waals surface area contributed by atoms with Crippen LogP contribution in [0.25, 0.3) is 0 Å². The van der Waals surface area contributed by atoms with Crippen molar-refractivity contribution in [2.24, 2.45) is 16.5 Å². The van der Waals surface area contributed by atoms with E-state index in [1.165, 1.54) is 0 Å². The fourth-order valence-corrected chi connectivity index (χ4v) is 1.60. The van der Waals surface area contributed by atoms with E-state index >= 15 is 0 Å². The Labute approximate surface area is 69.4 Å². The lowest BCUT2D eigenvalue weighted by Crippen LogP contribution is -2.28. The smallest absolute Gasteiger partial charge is 0.0869 e. The summed E-state index contributed by atoms with van der Waals surface area (Å²) >= 11 is 0. The summed E-state index contributed by atoms with van der Waals surface area (Å²) in [5.41, 5.74) is 0.155. The van der Waals surface area contributed by atoms with Crippen molar-refractivity contribution in [1.29, 1.82) is 0 Å². The summed E-state index contributed by atoms with van der Waals surface area (Å²) in [5, 5.41) is 3.02. The molecule has 0 radical (unpaired) electrons. The van der Waals surface area contributed by atoms with Crippen molar-refractivity contribution in [1.82, 2.24) is 0 Å². The van der Waals surface area contributed by atoms with E-state index in [1.807, 2.05) is 0 Å². The summed E-state index contributed by atoms with van der Waals surface area (Å²) in [6, 6.07) is 0. The van der Waals surface area contributed by atoms with Crippen LogP contribution in [-0.2, 0) is 0 Å². The first-order valence-corrected chi connectivity index (χ1v) is 4.42. The minimum Gasteiger partial charge on any atom is -0.151 e. The fourth-order valence-electron chi connectivity index (χ4n) is 1.60. The molecule has 0 aliphatic rings. The third-order valence-electron chi connectivity index (χ3n) is 3.01. The number of hydrogen-bond donors (Lipinski definition) is 0. The predicted molar refractivity (Wildman–Crippen MR) is 48.5 cm³/mol. The van der Waals surface area contributed by atoms with E-state index in [4.69, 9.17) is 0 Å². The highest BCUT2D eigenvalue weighted by Crippen LogP contribution is 2.35. The Morgan fingerprint density at radius 1 is 1.27 bits per heavy atom. The highest BCUT2D eigenvalue weighted by Gasteiger charge is 2.30. The molecule has 0 N–H and O–H groups in total. The molecule has 66 valence electrons. The Hall–Kier alpha value is -0.400. The van der Waals surface area contributed by atoms with Crippen LogP contribution in [0.15, 0.2) is 5.18 Å². The molecule has 0 aliphatic heterocycles. The Bertz CT molecular complexity index is 117. The first-order valence-electron chi connectivity index (χ1n) is 4.42. The molecule has 0 aromatic carbocycles. The maximum Gasteiger partial charge on any atom is 0.0869 e. The molecule has 0 aliphatic carbocycles. The van der Waals surface area contributed by atoms with Crippen molar-refractivity contribution in [2.45, 2.75) is 40.5 Å². The van der Waals surface area contributed by atoms with E-state index < -0.39 is 0 Å². The Balaban J connectivity index is 4.31. The Morgan fingerprint density at radius 2 is 1.73 bits per heavy atom. The van der Waals surface area contributed by atoms with Crippen molar-refractivity contribution < 1.29 is 0 Å². The molecule has 0 bridgehead atoms. The summed E-state index contributed by atoms with van der Waals surface area (Å²) in [4.78, 5) is 10.2. The van der Waals surface area contributed by atoms with Crippen LogP contribution in [0.1, 0.15) is 40.5 Å². The second kappa shape index (κ2) is 4.47. The van der Waals surface area contributed by atoms with Gasteiger partial charge in [0.2, 0.25) is 0 Å². The topological polar surface area (TPSA) is 29.4 Å². The molecular formula is C9H19NO. The molecule has 0 aromatic rings. The second-order valence-electron chi connectivity index (χ2n) is 3.51. The van der Waals surface area contributed by atoms with Gasteiger partial charge in [-0.05, 0) is 24.2 Å². The summed E-state index contributed by atoms with van der Waals surface area (Å²) in [7, 11) is 0. The van der Waals surface area contributed by atoms with Gasteiger partial charge in [-0.25, -0.2) is 0 Å². The van der Waals surface area contributed by atoms with Gasteiger partial charge in [0.25, 0.3) is 0 Å². The molecule has 0 saturated heterocycles. The van der Waals surface area contributed by atoms with Crippen molar-refractivity contribution in [3.63, 3.8) is 0 Å². The molecule has 0 aromatic heterocycles. The normalized spacial score (nSPS) is 12.1. The molecule has 0 saturated carbocycles. The van der Waals surface area contributed by atoms with Gasteiger partial charge in [-0.15, -0.1) is 0 Å². The number of rotatable bonds is 5. The van der Waals surface area contributed by atoms with Gasteiger partial charge in [0.15, 0.2) is 0 Å². The maximum atomic E-state index is 10.2. The van der Waals surface area contributed by atoms with Gasteiger partial charge in [-0.1, -0.05) is 32.9 Å². The first-order chi connectivity index (χ1) is 5.13. The lowest BCUT2D eigenvalue weighted by molar-refractivity contribution is 0.181. The van der Waals surface area contributed by atoms with E-state index in [0.29, 0.717) is 12.5 Å².